The van der Waals surface area contributed by atoms with Gasteiger partial charge in [-0.25, -0.2) is 0 Å². The van der Waals surface area contributed by atoms with Gasteiger partial charge in [0, 0.05) is 0 Å². The van der Waals surface area contributed by atoms with Crippen molar-refractivity contribution < 1.29 is 0 Å². The van der Waals surface area contributed by atoms with Gasteiger partial charge in [-0.1, -0.05) is 79.7 Å². The zero-order valence-electron chi connectivity index (χ0n) is 12.2. The van der Waals surface area contributed by atoms with E-state index in [-0.39, 0.29) is 0 Å². The normalized spacial score (nSPS) is 17.4. The summed E-state index contributed by atoms with van der Waals surface area (Å²) in [6.07, 6.45) is 3.53. The van der Waals surface area contributed by atoms with E-state index in [1.54, 1.807) is 0 Å². The topological polar surface area (TPSA) is 0 Å². The first-order valence-corrected chi connectivity index (χ1v) is 7.62. The van der Waals surface area contributed by atoms with Crippen LogP contribution in [-0.4, -0.2) is 0 Å². The zero-order valence-corrected chi connectivity index (χ0v) is 12.2. The summed E-state index contributed by atoms with van der Waals surface area (Å²) in [5.41, 5.74) is 5.61. The Labute approximate surface area is 125 Å². The second-order valence-electron chi connectivity index (χ2n) is 5.87. The van der Waals surface area contributed by atoms with Crippen molar-refractivity contribution in [3.8, 4) is 0 Å². The summed E-state index contributed by atoms with van der Waals surface area (Å²) in [5, 5.41) is 2.66. The van der Waals surface area contributed by atoms with Gasteiger partial charge in [0.05, 0.1) is 0 Å². The molecule has 0 fully saturated rings. The highest BCUT2D eigenvalue weighted by Gasteiger charge is 2.19. The molecular formula is C21H18. The molecule has 0 aromatic heterocycles. The van der Waals surface area contributed by atoms with Crippen molar-refractivity contribution in [3.05, 3.63) is 89.5 Å². The third-order valence-corrected chi connectivity index (χ3v) is 4.54. The van der Waals surface area contributed by atoms with Gasteiger partial charge in [-0.3, -0.25) is 0 Å². The molecule has 3 aromatic rings. The number of hydrogen-bond acceptors (Lipinski definition) is 0. The fraction of sp³-hybridized carbons (Fsp3) is 0.143. The lowest BCUT2D eigenvalue weighted by Crippen LogP contribution is -2.05. The van der Waals surface area contributed by atoms with Gasteiger partial charge in [-0.15, -0.1) is 0 Å². The highest BCUT2D eigenvalue weighted by molar-refractivity contribution is 5.98. The molecule has 21 heavy (non-hydrogen) atoms. The molecule has 0 heterocycles. The number of hydrogen-bond donors (Lipinski definition) is 0. The van der Waals surface area contributed by atoms with Crippen LogP contribution in [0.4, 0.5) is 0 Å². The van der Waals surface area contributed by atoms with Crippen LogP contribution >= 0.6 is 0 Å². The van der Waals surface area contributed by atoms with Crippen molar-refractivity contribution in [2.45, 2.75) is 19.3 Å². The molecule has 0 amide bonds. The minimum atomic E-state index is 0.611. The molecule has 0 aliphatic heterocycles. The SMILES string of the molecule is CC1CC=C(c2cccc3ccccc23)c2ccccc21. The van der Waals surface area contributed by atoms with Crippen LogP contribution in [0.5, 0.6) is 0 Å². The van der Waals surface area contributed by atoms with E-state index in [4.69, 9.17) is 0 Å². The molecule has 1 unspecified atom stereocenters. The van der Waals surface area contributed by atoms with Crippen LogP contribution in [0.25, 0.3) is 16.3 Å². The van der Waals surface area contributed by atoms with Crippen LogP contribution in [0, 0.1) is 0 Å². The lowest BCUT2D eigenvalue weighted by molar-refractivity contribution is 0.768. The van der Waals surface area contributed by atoms with Crippen LogP contribution < -0.4 is 0 Å². The van der Waals surface area contributed by atoms with Gasteiger partial charge in [0.1, 0.15) is 0 Å². The third-order valence-electron chi connectivity index (χ3n) is 4.54. The first-order valence-electron chi connectivity index (χ1n) is 7.62. The summed E-state index contributed by atoms with van der Waals surface area (Å²) < 4.78 is 0. The molecule has 0 N–H and O–H groups in total. The van der Waals surface area contributed by atoms with Crippen molar-refractivity contribution in [2.75, 3.05) is 0 Å². The van der Waals surface area contributed by atoms with Gasteiger partial charge in [0.2, 0.25) is 0 Å². The molecule has 3 aromatic carbocycles. The number of fused-ring (bicyclic) bond motifs is 2. The molecular weight excluding hydrogens is 252 g/mol. The van der Waals surface area contributed by atoms with Gasteiger partial charge in [0.25, 0.3) is 0 Å². The van der Waals surface area contributed by atoms with E-state index < -0.39 is 0 Å². The Morgan fingerprint density at radius 2 is 1.48 bits per heavy atom. The molecule has 0 heteroatoms. The molecule has 0 radical (unpaired) electrons. The number of rotatable bonds is 1. The maximum absolute atomic E-state index is 2.41. The average Bonchev–Trinajstić information content (AvgIpc) is 2.55. The predicted molar refractivity (Wildman–Crippen MR) is 90.5 cm³/mol. The van der Waals surface area contributed by atoms with Crippen molar-refractivity contribution in [3.63, 3.8) is 0 Å². The second kappa shape index (κ2) is 4.89. The molecule has 1 aliphatic rings. The number of benzene rings is 3. The zero-order chi connectivity index (χ0) is 14.2. The molecule has 1 aliphatic carbocycles. The van der Waals surface area contributed by atoms with E-state index in [0.717, 1.165) is 6.42 Å². The Bertz CT molecular complexity index is 834. The lowest BCUT2D eigenvalue weighted by Gasteiger charge is -2.24. The summed E-state index contributed by atoms with van der Waals surface area (Å²) in [6, 6.07) is 24.1. The summed E-state index contributed by atoms with van der Waals surface area (Å²) in [6.45, 7) is 2.31. The summed E-state index contributed by atoms with van der Waals surface area (Å²) in [7, 11) is 0. The molecule has 4 rings (SSSR count). The van der Waals surface area contributed by atoms with Gasteiger partial charge in [-0.2, -0.15) is 0 Å². The quantitative estimate of drug-likeness (QED) is 0.526. The van der Waals surface area contributed by atoms with Gasteiger partial charge < -0.3 is 0 Å². The Hall–Kier alpha value is -2.34. The fourth-order valence-electron chi connectivity index (χ4n) is 3.42. The van der Waals surface area contributed by atoms with E-state index in [1.165, 1.54) is 33.0 Å². The van der Waals surface area contributed by atoms with E-state index in [0.29, 0.717) is 5.92 Å². The van der Waals surface area contributed by atoms with Crippen molar-refractivity contribution in [1.82, 2.24) is 0 Å². The Balaban J connectivity index is 1.98. The summed E-state index contributed by atoms with van der Waals surface area (Å²) in [5.74, 6) is 0.611. The lowest BCUT2D eigenvalue weighted by atomic mass is 9.80. The van der Waals surface area contributed by atoms with E-state index in [1.807, 2.05) is 0 Å². The van der Waals surface area contributed by atoms with E-state index in [2.05, 4.69) is 79.7 Å². The number of allylic oxidation sites excluding steroid dienone is 1. The Kier molecular flexibility index (Phi) is 2.89. The van der Waals surface area contributed by atoms with Crippen LogP contribution in [0.1, 0.15) is 36.0 Å². The fourth-order valence-corrected chi connectivity index (χ4v) is 3.42. The van der Waals surface area contributed by atoms with Gasteiger partial charge in [-0.05, 0) is 45.4 Å². The van der Waals surface area contributed by atoms with Crippen molar-refractivity contribution >= 4 is 16.3 Å². The second-order valence-corrected chi connectivity index (χ2v) is 5.87. The standard InChI is InChI=1S/C21H18/c1-15-13-14-21(19-11-5-4-9-17(15)19)20-12-6-8-16-7-2-3-10-18(16)20/h2-12,14-15H,13H2,1H3. The van der Waals surface area contributed by atoms with Crippen LogP contribution in [0.3, 0.4) is 0 Å². The maximum atomic E-state index is 2.41. The molecule has 0 saturated carbocycles. The molecule has 0 spiro atoms. The van der Waals surface area contributed by atoms with Crippen molar-refractivity contribution in [2.24, 2.45) is 0 Å². The molecule has 0 bridgehead atoms. The maximum Gasteiger partial charge on any atom is -0.0102 e. The molecule has 1 atom stereocenters. The predicted octanol–water partition coefficient (Wildman–Crippen LogP) is 5.78. The monoisotopic (exact) mass is 270 g/mol. The van der Waals surface area contributed by atoms with E-state index >= 15 is 0 Å². The molecule has 0 saturated heterocycles. The van der Waals surface area contributed by atoms with E-state index in [9.17, 15) is 0 Å². The summed E-state index contributed by atoms with van der Waals surface area (Å²) >= 11 is 0. The smallest absolute Gasteiger partial charge is 0.0102 e. The third kappa shape index (κ3) is 1.99. The van der Waals surface area contributed by atoms with Crippen LogP contribution in [-0.2, 0) is 0 Å². The minimum absolute atomic E-state index is 0.611. The van der Waals surface area contributed by atoms with Crippen molar-refractivity contribution in [1.29, 1.82) is 0 Å². The van der Waals surface area contributed by atoms with Gasteiger partial charge >= 0.3 is 0 Å². The minimum Gasteiger partial charge on any atom is -0.0754 e. The van der Waals surface area contributed by atoms with Crippen LogP contribution in [0.2, 0.25) is 0 Å². The Morgan fingerprint density at radius 3 is 2.43 bits per heavy atom. The first-order chi connectivity index (χ1) is 10.3. The molecule has 0 nitrogen and oxygen atoms in total. The average molecular weight is 270 g/mol. The van der Waals surface area contributed by atoms with Crippen LogP contribution in [0.15, 0.2) is 72.8 Å². The largest absolute Gasteiger partial charge is 0.0754 e. The highest BCUT2D eigenvalue weighted by atomic mass is 14.2. The van der Waals surface area contributed by atoms with Gasteiger partial charge in [0.15, 0.2) is 0 Å². The highest BCUT2D eigenvalue weighted by Crippen LogP contribution is 2.39. The molecule has 102 valence electrons. The summed E-state index contributed by atoms with van der Waals surface area (Å²) in [4.78, 5) is 0. The Morgan fingerprint density at radius 1 is 0.762 bits per heavy atom. The first kappa shape index (κ1) is 12.4.